The number of nitrogens with zero attached hydrogens (tertiary/aromatic N) is 1. The Balaban J connectivity index is 2.46. The second-order valence-electron chi connectivity index (χ2n) is 6.16. The number of methoxy groups -OCH3 is 1. The van der Waals surface area contributed by atoms with Gasteiger partial charge in [0, 0.05) is 18.0 Å². The van der Waals surface area contributed by atoms with Gasteiger partial charge in [-0.1, -0.05) is 13.8 Å². The number of hydrogen-bond donors (Lipinski definition) is 1. The lowest BCUT2D eigenvalue weighted by molar-refractivity contribution is 0.0601. The molecule has 10 heteroatoms. The number of thiophene rings is 1. The van der Waals surface area contributed by atoms with E-state index >= 15 is 0 Å². The predicted octanol–water partition coefficient (Wildman–Crippen LogP) is 3.57. The highest BCUT2D eigenvalue weighted by Crippen LogP contribution is 2.33. The SMILES string of the molecule is CCN(CC)S(=O)(=O)c1ccc(F)c(C(=O)Nc2sc(C)c(C)c2C(=O)OC)c1. The number of carbonyl (C=O) groups excluding carboxylic acids is 2. The van der Waals surface area contributed by atoms with Crippen LogP contribution in [0.2, 0.25) is 0 Å². The molecule has 0 aliphatic heterocycles. The van der Waals surface area contributed by atoms with Crippen molar-refractivity contribution in [3.8, 4) is 0 Å². The summed E-state index contributed by atoms with van der Waals surface area (Å²) in [6.07, 6.45) is 0. The van der Waals surface area contributed by atoms with Gasteiger partial charge in [-0.3, -0.25) is 4.79 Å². The number of aryl methyl sites for hydroxylation is 1. The first-order valence-electron chi connectivity index (χ1n) is 8.87. The van der Waals surface area contributed by atoms with Crippen LogP contribution in [-0.2, 0) is 14.8 Å². The number of ether oxygens (including phenoxy) is 1. The first-order valence-corrected chi connectivity index (χ1v) is 11.1. The van der Waals surface area contributed by atoms with Crippen molar-refractivity contribution in [1.82, 2.24) is 4.31 Å². The van der Waals surface area contributed by atoms with E-state index in [1.807, 2.05) is 0 Å². The zero-order valence-electron chi connectivity index (χ0n) is 16.8. The van der Waals surface area contributed by atoms with Gasteiger partial charge in [-0.15, -0.1) is 11.3 Å². The van der Waals surface area contributed by atoms with Crippen LogP contribution in [-0.4, -0.2) is 44.8 Å². The number of sulfonamides is 1. The zero-order valence-corrected chi connectivity index (χ0v) is 18.5. The van der Waals surface area contributed by atoms with Gasteiger partial charge in [0.1, 0.15) is 10.8 Å². The van der Waals surface area contributed by atoms with E-state index in [1.54, 1.807) is 27.7 Å². The average Bonchev–Trinajstić information content (AvgIpc) is 2.95. The van der Waals surface area contributed by atoms with Crippen LogP contribution in [0, 0.1) is 19.7 Å². The summed E-state index contributed by atoms with van der Waals surface area (Å²) in [7, 11) is -2.64. The Kier molecular flexibility index (Phi) is 7.15. The van der Waals surface area contributed by atoms with Gasteiger partial charge in [0.15, 0.2) is 0 Å². The van der Waals surface area contributed by atoms with Gasteiger partial charge in [-0.05, 0) is 37.6 Å². The number of benzene rings is 1. The van der Waals surface area contributed by atoms with Crippen LogP contribution in [0.15, 0.2) is 23.1 Å². The molecule has 1 N–H and O–H groups in total. The standard InChI is InChI=1S/C19H23FN2O5S2/c1-6-22(7-2)29(25,26)13-8-9-15(20)14(10-13)17(23)21-18-16(19(24)27-5)11(3)12(4)28-18/h8-10H,6-7H2,1-5H3,(H,21,23). The summed E-state index contributed by atoms with van der Waals surface area (Å²) in [5, 5.41) is 2.73. The molecule has 0 aliphatic rings. The van der Waals surface area contributed by atoms with E-state index < -0.39 is 33.3 Å². The monoisotopic (exact) mass is 442 g/mol. The molecule has 1 aromatic heterocycles. The van der Waals surface area contributed by atoms with Crippen LogP contribution in [0.25, 0.3) is 0 Å². The molecule has 0 atom stereocenters. The normalized spacial score (nSPS) is 11.6. The molecule has 158 valence electrons. The van der Waals surface area contributed by atoms with E-state index in [0.717, 1.165) is 34.4 Å². The Labute approximate surface area is 173 Å². The number of rotatable bonds is 7. The van der Waals surface area contributed by atoms with Crippen LogP contribution >= 0.6 is 11.3 Å². The van der Waals surface area contributed by atoms with Gasteiger partial charge in [0.25, 0.3) is 5.91 Å². The quantitative estimate of drug-likeness (QED) is 0.662. The highest BCUT2D eigenvalue weighted by Gasteiger charge is 2.26. The summed E-state index contributed by atoms with van der Waals surface area (Å²) >= 11 is 1.15. The van der Waals surface area contributed by atoms with Crippen molar-refractivity contribution in [1.29, 1.82) is 0 Å². The van der Waals surface area contributed by atoms with Gasteiger partial charge < -0.3 is 10.1 Å². The summed E-state index contributed by atoms with van der Waals surface area (Å²) in [5.74, 6) is -2.35. The van der Waals surface area contributed by atoms with Gasteiger partial charge in [-0.25, -0.2) is 17.6 Å². The highest BCUT2D eigenvalue weighted by atomic mass is 32.2. The van der Waals surface area contributed by atoms with Crippen LogP contribution in [0.1, 0.15) is 45.0 Å². The Morgan fingerprint density at radius 1 is 1.21 bits per heavy atom. The molecule has 0 unspecified atom stereocenters. The fraction of sp³-hybridized carbons (Fsp3) is 0.368. The van der Waals surface area contributed by atoms with E-state index in [2.05, 4.69) is 5.32 Å². The number of esters is 1. The van der Waals surface area contributed by atoms with Crippen molar-refractivity contribution in [2.75, 3.05) is 25.5 Å². The molecular formula is C19H23FN2O5S2. The molecule has 0 radical (unpaired) electrons. The van der Waals surface area contributed by atoms with E-state index in [0.29, 0.717) is 5.56 Å². The first-order chi connectivity index (χ1) is 13.6. The van der Waals surface area contributed by atoms with Crippen LogP contribution in [0.5, 0.6) is 0 Å². The predicted molar refractivity (Wildman–Crippen MR) is 110 cm³/mol. The molecule has 29 heavy (non-hydrogen) atoms. The lowest BCUT2D eigenvalue weighted by atomic mass is 10.1. The molecule has 0 saturated carbocycles. The molecule has 7 nitrogen and oxygen atoms in total. The Bertz CT molecular complexity index is 1040. The third kappa shape index (κ3) is 4.49. The molecule has 1 amide bonds. The van der Waals surface area contributed by atoms with Gasteiger partial charge in [0.2, 0.25) is 10.0 Å². The fourth-order valence-electron chi connectivity index (χ4n) is 2.78. The van der Waals surface area contributed by atoms with Crippen molar-refractivity contribution >= 4 is 38.2 Å². The Morgan fingerprint density at radius 3 is 2.38 bits per heavy atom. The van der Waals surface area contributed by atoms with E-state index in [9.17, 15) is 22.4 Å². The van der Waals surface area contributed by atoms with Gasteiger partial charge >= 0.3 is 5.97 Å². The molecule has 1 aromatic carbocycles. The van der Waals surface area contributed by atoms with Crippen molar-refractivity contribution in [2.24, 2.45) is 0 Å². The van der Waals surface area contributed by atoms with Crippen molar-refractivity contribution < 1.29 is 27.1 Å². The lowest BCUT2D eigenvalue weighted by Gasteiger charge is -2.19. The fourth-order valence-corrected chi connectivity index (χ4v) is 5.31. The summed E-state index contributed by atoms with van der Waals surface area (Å²) in [4.78, 5) is 25.4. The summed E-state index contributed by atoms with van der Waals surface area (Å²) in [6, 6.07) is 3.07. The maximum Gasteiger partial charge on any atom is 0.341 e. The highest BCUT2D eigenvalue weighted by molar-refractivity contribution is 7.89. The number of carbonyl (C=O) groups is 2. The minimum Gasteiger partial charge on any atom is -0.465 e. The van der Waals surface area contributed by atoms with Crippen molar-refractivity contribution in [3.05, 3.63) is 45.6 Å². The van der Waals surface area contributed by atoms with Crippen molar-refractivity contribution in [3.63, 3.8) is 0 Å². The summed E-state index contributed by atoms with van der Waals surface area (Å²) in [6.45, 7) is 7.36. The zero-order chi connectivity index (χ0) is 21.9. The van der Waals surface area contributed by atoms with Crippen LogP contribution in [0.4, 0.5) is 9.39 Å². The van der Waals surface area contributed by atoms with Crippen molar-refractivity contribution in [2.45, 2.75) is 32.6 Å². The summed E-state index contributed by atoms with van der Waals surface area (Å²) < 4.78 is 45.7. The van der Waals surface area contributed by atoms with E-state index in [1.165, 1.54) is 11.4 Å². The van der Waals surface area contributed by atoms with Gasteiger partial charge in [0.05, 0.1) is 23.1 Å². The minimum absolute atomic E-state index is 0.181. The smallest absolute Gasteiger partial charge is 0.341 e. The van der Waals surface area contributed by atoms with E-state index in [-0.39, 0.29) is 28.5 Å². The number of amides is 1. The number of halogens is 1. The maximum atomic E-state index is 14.3. The molecule has 0 bridgehead atoms. The largest absolute Gasteiger partial charge is 0.465 e. The van der Waals surface area contributed by atoms with E-state index in [4.69, 9.17) is 4.74 Å². The molecule has 0 fully saturated rings. The third-order valence-corrected chi connectivity index (χ3v) is 7.70. The van der Waals surface area contributed by atoms with Crippen LogP contribution in [0.3, 0.4) is 0 Å². The molecule has 2 aromatic rings. The molecule has 0 aliphatic carbocycles. The average molecular weight is 443 g/mol. The number of anilines is 1. The summed E-state index contributed by atoms with van der Waals surface area (Å²) in [5.41, 5.74) is 0.406. The molecule has 0 spiro atoms. The Morgan fingerprint density at radius 2 is 1.83 bits per heavy atom. The molecule has 1 heterocycles. The first kappa shape index (κ1) is 23.0. The lowest BCUT2D eigenvalue weighted by Crippen LogP contribution is -2.31. The molecular weight excluding hydrogens is 419 g/mol. The second kappa shape index (κ2) is 9.02. The Hall–Kier alpha value is -2.30. The number of nitrogens with one attached hydrogen (secondary N) is 1. The topological polar surface area (TPSA) is 92.8 Å². The molecule has 0 saturated heterocycles. The van der Waals surface area contributed by atoms with Crippen LogP contribution < -0.4 is 5.32 Å². The number of hydrogen-bond acceptors (Lipinski definition) is 6. The minimum atomic E-state index is -3.86. The molecule has 2 rings (SSSR count). The second-order valence-corrected chi connectivity index (χ2v) is 9.33. The van der Waals surface area contributed by atoms with Gasteiger partial charge in [-0.2, -0.15) is 4.31 Å². The third-order valence-electron chi connectivity index (χ3n) is 4.53. The maximum absolute atomic E-state index is 14.3.